The Hall–Kier alpha value is -0.570. The summed E-state index contributed by atoms with van der Waals surface area (Å²) in [5, 5.41) is 9.18. The summed E-state index contributed by atoms with van der Waals surface area (Å²) in [5.41, 5.74) is -0.871. The van der Waals surface area contributed by atoms with Gasteiger partial charge in [-0.15, -0.1) is 0 Å². The number of carbonyl (C=O) groups excluding carboxylic acids is 1. The van der Waals surface area contributed by atoms with Gasteiger partial charge >= 0.3 is 5.97 Å². The lowest BCUT2D eigenvalue weighted by atomic mass is 9.70. The molecule has 2 rings (SSSR count). The zero-order valence-electron chi connectivity index (χ0n) is 8.71. The normalized spacial score (nSPS) is 36.0. The van der Waals surface area contributed by atoms with E-state index in [2.05, 4.69) is 0 Å². The van der Waals surface area contributed by atoms with Crippen molar-refractivity contribution in [1.82, 2.24) is 0 Å². The van der Waals surface area contributed by atoms with Crippen molar-refractivity contribution in [2.24, 2.45) is 5.41 Å². The van der Waals surface area contributed by atoms with Crippen molar-refractivity contribution in [1.29, 1.82) is 0 Å². The van der Waals surface area contributed by atoms with E-state index < -0.39 is 5.60 Å². The number of hydrogen-bond acceptors (Lipinski definition) is 3. The van der Waals surface area contributed by atoms with E-state index in [0.29, 0.717) is 6.42 Å². The highest BCUT2D eigenvalue weighted by atomic mass is 16.6. The van der Waals surface area contributed by atoms with E-state index in [0.717, 1.165) is 25.7 Å². The molecule has 1 saturated heterocycles. The first-order valence-electron chi connectivity index (χ1n) is 5.45. The van der Waals surface area contributed by atoms with Crippen LogP contribution in [0.5, 0.6) is 0 Å². The quantitative estimate of drug-likeness (QED) is 0.651. The minimum absolute atomic E-state index is 0.0551. The van der Waals surface area contributed by atoms with Crippen LogP contribution >= 0.6 is 0 Å². The van der Waals surface area contributed by atoms with Crippen molar-refractivity contribution in [3.8, 4) is 0 Å². The summed E-state index contributed by atoms with van der Waals surface area (Å²) in [6, 6.07) is 0. The third kappa shape index (κ3) is 1.44. The molecule has 1 aliphatic carbocycles. The Labute approximate surface area is 84.4 Å². The number of carbonyl (C=O) groups is 1. The molecule has 1 N–H and O–H groups in total. The molecule has 14 heavy (non-hydrogen) atoms. The molecule has 1 aliphatic heterocycles. The highest BCUT2D eigenvalue weighted by Crippen LogP contribution is 2.49. The molecule has 1 unspecified atom stereocenters. The van der Waals surface area contributed by atoms with E-state index in [1.807, 2.05) is 6.92 Å². The summed E-state index contributed by atoms with van der Waals surface area (Å²) in [7, 11) is 0. The maximum atomic E-state index is 11.8. The highest BCUT2D eigenvalue weighted by molar-refractivity contribution is 5.79. The van der Waals surface area contributed by atoms with Crippen LogP contribution in [-0.2, 0) is 9.53 Å². The lowest BCUT2D eigenvalue weighted by molar-refractivity contribution is -0.156. The molecule has 0 aromatic rings. The van der Waals surface area contributed by atoms with Crippen molar-refractivity contribution >= 4 is 5.97 Å². The smallest absolute Gasteiger partial charge is 0.312 e. The van der Waals surface area contributed by atoms with Crippen LogP contribution in [0.2, 0.25) is 0 Å². The molecule has 0 aromatic heterocycles. The van der Waals surface area contributed by atoms with Gasteiger partial charge in [-0.3, -0.25) is 4.79 Å². The fraction of sp³-hybridized carbons (Fsp3) is 0.909. The SMILES string of the molecule is CC1(CO)CC2(CCCCC2)C(=O)O1. The number of rotatable bonds is 1. The molecule has 1 spiro atoms. The topological polar surface area (TPSA) is 46.5 Å². The molecular formula is C11H18O3. The first kappa shape index (κ1) is 9.97. The van der Waals surface area contributed by atoms with Gasteiger partial charge in [-0.05, 0) is 19.8 Å². The Morgan fingerprint density at radius 2 is 2.00 bits per heavy atom. The summed E-state index contributed by atoms with van der Waals surface area (Å²) in [4.78, 5) is 11.8. The fourth-order valence-electron chi connectivity index (χ4n) is 2.85. The summed E-state index contributed by atoms with van der Waals surface area (Å²) in [6.45, 7) is 1.77. The lowest BCUT2D eigenvalue weighted by Crippen LogP contribution is -2.31. The Bertz CT molecular complexity index is 243. The number of ether oxygens (including phenoxy) is 1. The number of esters is 1. The summed E-state index contributed by atoms with van der Waals surface area (Å²) >= 11 is 0. The molecule has 1 atom stereocenters. The Kier molecular flexibility index (Phi) is 2.30. The van der Waals surface area contributed by atoms with E-state index in [4.69, 9.17) is 4.74 Å². The van der Waals surface area contributed by atoms with E-state index in [-0.39, 0.29) is 18.0 Å². The first-order valence-corrected chi connectivity index (χ1v) is 5.45. The Morgan fingerprint density at radius 3 is 2.50 bits per heavy atom. The molecule has 0 aromatic carbocycles. The number of aliphatic hydroxyl groups is 1. The second kappa shape index (κ2) is 3.23. The molecule has 1 saturated carbocycles. The van der Waals surface area contributed by atoms with Crippen LogP contribution in [0.3, 0.4) is 0 Å². The second-order valence-corrected chi connectivity index (χ2v) is 5.02. The van der Waals surface area contributed by atoms with Crippen LogP contribution in [-0.4, -0.2) is 23.3 Å². The van der Waals surface area contributed by atoms with Crippen molar-refractivity contribution < 1.29 is 14.6 Å². The molecule has 2 aliphatic rings. The van der Waals surface area contributed by atoms with Gasteiger partial charge in [-0.2, -0.15) is 0 Å². The fourth-order valence-corrected chi connectivity index (χ4v) is 2.85. The zero-order chi connectivity index (χ0) is 10.2. The van der Waals surface area contributed by atoms with Crippen LogP contribution in [0, 0.1) is 5.41 Å². The minimum atomic E-state index is -0.617. The molecule has 3 heteroatoms. The molecule has 1 heterocycles. The number of hydrogen-bond donors (Lipinski definition) is 1. The van der Waals surface area contributed by atoms with Gasteiger partial charge in [0.25, 0.3) is 0 Å². The molecular weight excluding hydrogens is 180 g/mol. The third-order valence-electron chi connectivity index (χ3n) is 3.63. The van der Waals surface area contributed by atoms with Gasteiger partial charge in [0.2, 0.25) is 0 Å². The Morgan fingerprint density at radius 1 is 1.36 bits per heavy atom. The van der Waals surface area contributed by atoms with E-state index >= 15 is 0 Å². The van der Waals surface area contributed by atoms with Crippen LogP contribution in [0.15, 0.2) is 0 Å². The molecule has 0 bridgehead atoms. The van der Waals surface area contributed by atoms with Gasteiger partial charge in [0, 0.05) is 6.42 Å². The van der Waals surface area contributed by atoms with Crippen molar-refractivity contribution in [3.63, 3.8) is 0 Å². The van der Waals surface area contributed by atoms with E-state index in [9.17, 15) is 9.90 Å². The van der Waals surface area contributed by atoms with Gasteiger partial charge < -0.3 is 9.84 Å². The number of cyclic esters (lactones) is 1. The van der Waals surface area contributed by atoms with Gasteiger partial charge in [-0.1, -0.05) is 19.3 Å². The van der Waals surface area contributed by atoms with Crippen LogP contribution in [0.4, 0.5) is 0 Å². The van der Waals surface area contributed by atoms with Crippen molar-refractivity contribution in [2.45, 2.75) is 51.0 Å². The molecule has 0 amide bonds. The van der Waals surface area contributed by atoms with Crippen LogP contribution in [0.25, 0.3) is 0 Å². The summed E-state index contributed by atoms with van der Waals surface area (Å²) in [6.07, 6.45) is 6.07. The zero-order valence-corrected chi connectivity index (χ0v) is 8.71. The minimum Gasteiger partial charge on any atom is -0.456 e. The predicted molar refractivity (Wildman–Crippen MR) is 51.7 cm³/mol. The highest BCUT2D eigenvalue weighted by Gasteiger charge is 2.54. The van der Waals surface area contributed by atoms with Crippen LogP contribution in [0.1, 0.15) is 45.4 Å². The number of aliphatic hydroxyl groups excluding tert-OH is 1. The maximum absolute atomic E-state index is 11.8. The molecule has 3 nitrogen and oxygen atoms in total. The van der Waals surface area contributed by atoms with Gasteiger partial charge in [-0.25, -0.2) is 0 Å². The summed E-state index contributed by atoms with van der Waals surface area (Å²) in [5.74, 6) is -0.0752. The monoisotopic (exact) mass is 198 g/mol. The maximum Gasteiger partial charge on any atom is 0.312 e. The first-order chi connectivity index (χ1) is 6.60. The average Bonchev–Trinajstić information content (AvgIpc) is 2.41. The standard InChI is InChI=1S/C11H18O3/c1-10(8-12)7-11(9(13)14-10)5-3-2-4-6-11/h12H,2-8H2,1H3. The Balaban J connectivity index is 2.17. The summed E-state index contributed by atoms with van der Waals surface area (Å²) < 4.78 is 5.30. The lowest BCUT2D eigenvalue weighted by Gasteiger charge is -2.29. The van der Waals surface area contributed by atoms with E-state index in [1.54, 1.807) is 0 Å². The molecule has 80 valence electrons. The van der Waals surface area contributed by atoms with Gasteiger partial charge in [0.1, 0.15) is 5.60 Å². The molecule has 2 fully saturated rings. The van der Waals surface area contributed by atoms with Crippen molar-refractivity contribution in [3.05, 3.63) is 0 Å². The van der Waals surface area contributed by atoms with E-state index in [1.165, 1.54) is 6.42 Å². The van der Waals surface area contributed by atoms with Crippen molar-refractivity contribution in [2.75, 3.05) is 6.61 Å². The average molecular weight is 198 g/mol. The predicted octanol–water partition coefficient (Wildman–Crippen LogP) is 1.63. The third-order valence-corrected chi connectivity index (χ3v) is 3.63. The largest absolute Gasteiger partial charge is 0.456 e. The second-order valence-electron chi connectivity index (χ2n) is 5.02. The van der Waals surface area contributed by atoms with Gasteiger partial charge in [0.05, 0.1) is 12.0 Å². The molecule has 0 radical (unpaired) electrons. The van der Waals surface area contributed by atoms with Gasteiger partial charge in [0.15, 0.2) is 0 Å². The van der Waals surface area contributed by atoms with Crippen LogP contribution < -0.4 is 0 Å².